The zero-order valence-corrected chi connectivity index (χ0v) is 16.1. The number of amides is 1. The number of carbonyl (C=O) groups is 1. The van der Waals surface area contributed by atoms with Crippen LogP contribution in [0.3, 0.4) is 0 Å². The molecule has 132 valence electrons. The molecule has 4 heteroatoms. The van der Waals surface area contributed by atoms with Gasteiger partial charge in [-0.1, -0.05) is 20.8 Å². The average Bonchev–Trinajstić information content (AvgIpc) is 3.03. The Bertz CT molecular complexity index is 620. The summed E-state index contributed by atoms with van der Waals surface area (Å²) in [5.41, 5.74) is 1.17. The van der Waals surface area contributed by atoms with Crippen molar-refractivity contribution in [3.63, 3.8) is 0 Å². The first kappa shape index (κ1) is 17.7. The van der Waals surface area contributed by atoms with Gasteiger partial charge in [-0.15, -0.1) is 0 Å². The van der Waals surface area contributed by atoms with E-state index in [4.69, 9.17) is 17.4 Å². The maximum atomic E-state index is 12.3. The molecular formula is C20H29NO2S. The number of thiol groups is 1. The topological polar surface area (TPSA) is 38.3 Å². The lowest BCUT2D eigenvalue weighted by molar-refractivity contribution is 0.0897. The summed E-state index contributed by atoms with van der Waals surface area (Å²) in [5.74, 6) is 1.50. The van der Waals surface area contributed by atoms with E-state index in [9.17, 15) is 4.79 Å². The van der Waals surface area contributed by atoms with E-state index in [1.165, 1.54) is 19.3 Å². The third kappa shape index (κ3) is 2.54. The van der Waals surface area contributed by atoms with Gasteiger partial charge in [0.1, 0.15) is 5.75 Å². The monoisotopic (exact) mass is 347 g/mol. The standard InChI is InChI=1S/C20H29NO2S/c1-18(2)15-9-10-19(3,13-15)20(18,24)11-12-21-17(22)14-5-7-16(23-4)8-6-14/h5-8,15,24H,9-13H2,1-4H3,(H,21,22). The van der Waals surface area contributed by atoms with Crippen LogP contribution in [-0.4, -0.2) is 24.3 Å². The number of nitrogens with one attached hydrogen (secondary N) is 1. The minimum atomic E-state index is -0.0271. The molecule has 2 bridgehead atoms. The highest BCUT2D eigenvalue weighted by Gasteiger charge is 2.66. The molecule has 0 spiro atoms. The fourth-order valence-electron chi connectivity index (χ4n) is 5.17. The Hall–Kier alpha value is -1.16. The largest absolute Gasteiger partial charge is 0.497 e. The van der Waals surface area contributed by atoms with Gasteiger partial charge in [-0.3, -0.25) is 4.79 Å². The first-order valence-electron chi connectivity index (χ1n) is 8.88. The fourth-order valence-corrected chi connectivity index (χ4v) is 5.67. The third-order valence-corrected chi connectivity index (χ3v) is 8.29. The molecule has 0 saturated heterocycles. The van der Waals surface area contributed by atoms with Crippen molar-refractivity contribution in [2.45, 2.75) is 51.2 Å². The van der Waals surface area contributed by atoms with Gasteiger partial charge in [0.25, 0.3) is 5.91 Å². The predicted octanol–water partition coefficient (Wildman–Crippen LogP) is 4.33. The molecule has 1 amide bonds. The number of hydrogen-bond donors (Lipinski definition) is 2. The molecule has 1 N–H and O–H groups in total. The molecule has 0 aliphatic heterocycles. The quantitative estimate of drug-likeness (QED) is 0.778. The van der Waals surface area contributed by atoms with Crippen LogP contribution < -0.4 is 10.1 Å². The van der Waals surface area contributed by atoms with Crippen molar-refractivity contribution in [2.75, 3.05) is 13.7 Å². The molecule has 2 aliphatic carbocycles. The highest BCUT2D eigenvalue weighted by atomic mass is 32.1. The van der Waals surface area contributed by atoms with E-state index in [-0.39, 0.29) is 21.5 Å². The normalized spacial score (nSPS) is 33.5. The predicted molar refractivity (Wildman–Crippen MR) is 101 cm³/mol. The van der Waals surface area contributed by atoms with Gasteiger partial charge in [-0.25, -0.2) is 0 Å². The summed E-state index contributed by atoms with van der Waals surface area (Å²) in [6.07, 6.45) is 4.77. The minimum Gasteiger partial charge on any atom is -0.497 e. The Kier molecular flexibility index (Phi) is 4.40. The number of hydrogen-bond acceptors (Lipinski definition) is 3. The SMILES string of the molecule is COc1ccc(C(=O)NCCC2(S)C3(C)CCC(C3)C2(C)C)cc1. The maximum absolute atomic E-state index is 12.3. The van der Waals surface area contributed by atoms with Crippen LogP contribution >= 0.6 is 12.6 Å². The highest BCUT2D eigenvalue weighted by molar-refractivity contribution is 7.82. The highest BCUT2D eigenvalue weighted by Crippen LogP contribution is 2.71. The van der Waals surface area contributed by atoms with Crippen LogP contribution in [0.2, 0.25) is 0 Å². The lowest BCUT2D eigenvalue weighted by Crippen LogP contribution is -2.51. The Morgan fingerprint density at radius 1 is 1.29 bits per heavy atom. The van der Waals surface area contributed by atoms with Crippen LogP contribution in [-0.2, 0) is 0 Å². The fraction of sp³-hybridized carbons (Fsp3) is 0.650. The van der Waals surface area contributed by atoms with Gasteiger partial charge in [0.2, 0.25) is 0 Å². The van der Waals surface area contributed by atoms with Crippen molar-refractivity contribution in [1.82, 2.24) is 5.32 Å². The second kappa shape index (κ2) is 5.98. The molecule has 3 nitrogen and oxygen atoms in total. The Balaban J connectivity index is 1.62. The summed E-state index contributed by atoms with van der Waals surface area (Å²) < 4.78 is 5.11. The zero-order chi connectivity index (χ0) is 17.6. The smallest absolute Gasteiger partial charge is 0.251 e. The van der Waals surface area contributed by atoms with Crippen molar-refractivity contribution >= 4 is 18.5 Å². The lowest BCUT2D eigenvalue weighted by Gasteiger charge is -2.51. The summed E-state index contributed by atoms with van der Waals surface area (Å²) in [5, 5.41) is 3.07. The van der Waals surface area contributed by atoms with Crippen LogP contribution in [0.25, 0.3) is 0 Å². The van der Waals surface area contributed by atoms with E-state index in [0.717, 1.165) is 18.1 Å². The molecule has 1 aromatic carbocycles. The van der Waals surface area contributed by atoms with Crippen LogP contribution in [0.15, 0.2) is 24.3 Å². The molecule has 24 heavy (non-hydrogen) atoms. The number of methoxy groups -OCH3 is 1. The molecule has 3 unspecified atom stereocenters. The molecule has 2 fully saturated rings. The van der Waals surface area contributed by atoms with E-state index in [2.05, 4.69) is 26.1 Å². The van der Waals surface area contributed by atoms with E-state index >= 15 is 0 Å². The first-order valence-corrected chi connectivity index (χ1v) is 9.33. The van der Waals surface area contributed by atoms with Crippen molar-refractivity contribution in [3.05, 3.63) is 29.8 Å². The number of rotatable bonds is 5. The molecule has 2 aliphatic rings. The Morgan fingerprint density at radius 3 is 2.50 bits per heavy atom. The molecule has 3 rings (SSSR count). The average molecular weight is 348 g/mol. The molecule has 0 aromatic heterocycles. The van der Waals surface area contributed by atoms with Crippen molar-refractivity contribution in [3.8, 4) is 5.75 Å². The van der Waals surface area contributed by atoms with E-state index < -0.39 is 0 Å². The summed E-state index contributed by atoms with van der Waals surface area (Å²) in [6, 6.07) is 7.23. The Labute approximate surface area is 151 Å². The summed E-state index contributed by atoms with van der Waals surface area (Å²) in [4.78, 5) is 12.3. The second-order valence-corrected chi connectivity index (χ2v) is 9.08. The summed E-state index contributed by atoms with van der Waals surface area (Å²) >= 11 is 5.20. The van der Waals surface area contributed by atoms with Gasteiger partial charge < -0.3 is 10.1 Å². The van der Waals surface area contributed by atoms with Crippen molar-refractivity contribution in [1.29, 1.82) is 0 Å². The number of carbonyl (C=O) groups excluding carboxylic acids is 1. The molecule has 0 heterocycles. The maximum Gasteiger partial charge on any atom is 0.251 e. The van der Waals surface area contributed by atoms with Gasteiger partial charge >= 0.3 is 0 Å². The molecule has 2 saturated carbocycles. The second-order valence-electron chi connectivity index (χ2n) is 8.32. The van der Waals surface area contributed by atoms with Crippen LogP contribution in [0.4, 0.5) is 0 Å². The first-order chi connectivity index (χ1) is 11.2. The minimum absolute atomic E-state index is 0.0178. The number of fused-ring (bicyclic) bond motifs is 2. The van der Waals surface area contributed by atoms with Crippen LogP contribution in [0, 0.1) is 16.7 Å². The van der Waals surface area contributed by atoms with Crippen LogP contribution in [0.1, 0.15) is 56.8 Å². The van der Waals surface area contributed by atoms with Gasteiger partial charge in [-0.2, -0.15) is 12.6 Å². The summed E-state index contributed by atoms with van der Waals surface area (Å²) in [7, 11) is 1.62. The van der Waals surface area contributed by atoms with Gasteiger partial charge in [0.15, 0.2) is 0 Å². The number of benzene rings is 1. The van der Waals surface area contributed by atoms with Gasteiger partial charge in [-0.05, 0) is 66.7 Å². The van der Waals surface area contributed by atoms with Crippen LogP contribution in [0.5, 0.6) is 5.75 Å². The summed E-state index contributed by atoms with van der Waals surface area (Å²) in [6.45, 7) is 7.78. The third-order valence-electron chi connectivity index (χ3n) is 6.95. The zero-order valence-electron chi connectivity index (χ0n) is 15.2. The van der Waals surface area contributed by atoms with E-state index in [1.807, 2.05) is 12.1 Å². The van der Waals surface area contributed by atoms with Gasteiger partial charge in [0.05, 0.1) is 7.11 Å². The lowest BCUT2D eigenvalue weighted by atomic mass is 9.62. The molecular weight excluding hydrogens is 318 g/mol. The number of ether oxygens (including phenoxy) is 1. The molecule has 1 aromatic rings. The van der Waals surface area contributed by atoms with E-state index in [1.54, 1.807) is 19.2 Å². The van der Waals surface area contributed by atoms with Gasteiger partial charge in [0, 0.05) is 16.9 Å². The van der Waals surface area contributed by atoms with Crippen molar-refractivity contribution in [2.24, 2.45) is 16.7 Å². The molecule has 3 atom stereocenters. The Morgan fingerprint density at radius 2 is 1.96 bits per heavy atom. The van der Waals surface area contributed by atoms with Crippen molar-refractivity contribution < 1.29 is 9.53 Å². The molecule has 0 radical (unpaired) electrons. The van der Waals surface area contributed by atoms with E-state index in [0.29, 0.717) is 12.1 Å².